The zero-order valence-corrected chi connectivity index (χ0v) is 11.4. The average Bonchev–Trinajstić information content (AvgIpc) is 2.67. The van der Waals surface area contributed by atoms with Crippen LogP contribution in [-0.2, 0) is 4.79 Å². The van der Waals surface area contributed by atoms with Crippen molar-refractivity contribution < 1.29 is 4.79 Å². The third-order valence-corrected chi connectivity index (χ3v) is 3.44. The fourth-order valence-electron chi connectivity index (χ4n) is 2.41. The van der Waals surface area contributed by atoms with Gasteiger partial charge in [0, 0.05) is 13.0 Å². The Morgan fingerprint density at radius 3 is 2.85 bits per heavy atom. The molecule has 104 valence electrons. The summed E-state index contributed by atoms with van der Waals surface area (Å²) in [5.74, 6) is 1.58. The summed E-state index contributed by atoms with van der Waals surface area (Å²) in [6, 6.07) is 9.55. The minimum atomic E-state index is 0.0178. The molecular formula is C15H18N4O. The zero-order valence-electron chi connectivity index (χ0n) is 11.4. The molecule has 0 spiro atoms. The van der Waals surface area contributed by atoms with Crippen LogP contribution in [0.15, 0.2) is 40.3 Å². The third-order valence-electron chi connectivity index (χ3n) is 3.44. The highest BCUT2D eigenvalue weighted by Gasteiger charge is 2.27. The summed E-state index contributed by atoms with van der Waals surface area (Å²) >= 11 is 0. The van der Waals surface area contributed by atoms with Crippen LogP contribution < -0.4 is 10.4 Å². The van der Waals surface area contributed by atoms with Gasteiger partial charge in [0.15, 0.2) is 0 Å². The van der Waals surface area contributed by atoms with Crippen molar-refractivity contribution in [2.45, 2.75) is 32.1 Å². The van der Waals surface area contributed by atoms with Crippen molar-refractivity contribution in [2.24, 2.45) is 9.98 Å². The fraction of sp³-hybridized carbons (Fsp3) is 0.400. The quantitative estimate of drug-likeness (QED) is 0.851. The van der Waals surface area contributed by atoms with E-state index in [0.29, 0.717) is 12.3 Å². The van der Waals surface area contributed by atoms with Crippen LogP contribution in [-0.4, -0.2) is 24.1 Å². The molecule has 0 radical (unpaired) electrons. The molecule has 1 amide bonds. The Hall–Kier alpha value is -2.17. The molecule has 1 saturated heterocycles. The van der Waals surface area contributed by atoms with E-state index in [4.69, 9.17) is 0 Å². The normalized spacial score (nSPS) is 21.6. The Kier molecular flexibility index (Phi) is 3.76. The lowest BCUT2D eigenvalue weighted by molar-refractivity contribution is -0.116. The number of amides is 1. The van der Waals surface area contributed by atoms with E-state index in [2.05, 4.69) is 15.4 Å². The molecule has 0 aliphatic carbocycles. The number of carbonyl (C=O) groups is 1. The molecule has 0 bridgehead atoms. The van der Waals surface area contributed by atoms with Gasteiger partial charge in [-0.05, 0) is 25.0 Å². The van der Waals surface area contributed by atoms with Crippen LogP contribution in [0.25, 0.3) is 0 Å². The highest BCUT2D eigenvalue weighted by molar-refractivity contribution is 6.16. The number of amidine groups is 2. The molecule has 0 atom stereocenters. The van der Waals surface area contributed by atoms with Crippen molar-refractivity contribution in [1.29, 1.82) is 0 Å². The lowest BCUT2D eigenvalue weighted by Gasteiger charge is -2.15. The van der Waals surface area contributed by atoms with E-state index in [-0.39, 0.29) is 5.91 Å². The monoisotopic (exact) mass is 270 g/mol. The molecule has 0 aromatic heterocycles. The first-order valence-electron chi connectivity index (χ1n) is 7.08. The summed E-state index contributed by atoms with van der Waals surface area (Å²) in [5.41, 5.74) is 3.92. The number of para-hydroxylation sites is 1. The van der Waals surface area contributed by atoms with Crippen LogP contribution >= 0.6 is 0 Å². The van der Waals surface area contributed by atoms with Gasteiger partial charge in [0.1, 0.15) is 11.7 Å². The predicted octanol–water partition coefficient (Wildman–Crippen LogP) is 2.30. The largest absolute Gasteiger partial charge is 0.278 e. The maximum atomic E-state index is 12.0. The Labute approximate surface area is 118 Å². The first kappa shape index (κ1) is 12.8. The van der Waals surface area contributed by atoms with Gasteiger partial charge in [-0.15, -0.1) is 0 Å². The van der Waals surface area contributed by atoms with Gasteiger partial charge in [-0.1, -0.05) is 24.6 Å². The van der Waals surface area contributed by atoms with Crippen LogP contribution in [0.1, 0.15) is 32.1 Å². The van der Waals surface area contributed by atoms with E-state index in [9.17, 15) is 4.79 Å². The molecule has 0 unspecified atom stereocenters. The molecule has 3 rings (SSSR count). The molecule has 1 N–H and O–H groups in total. The van der Waals surface area contributed by atoms with E-state index < -0.39 is 0 Å². The van der Waals surface area contributed by atoms with Gasteiger partial charge in [0.2, 0.25) is 0 Å². The first-order valence-corrected chi connectivity index (χ1v) is 7.08. The summed E-state index contributed by atoms with van der Waals surface area (Å²) in [5, 5.41) is 1.55. The molecule has 2 aliphatic heterocycles. The van der Waals surface area contributed by atoms with Crippen molar-refractivity contribution in [3.05, 3.63) is 30.3 Å². The summed E-state index contributed by atoms with van der Waals surface area (Å²) < 4.78 is 0. The molecule has 1 fully saturated rings. The molecule has 20 heavy (non-hydrogen) atoms. The number of carbonyl (C=O) groups excluding carboxylic acids is 1. The lowest BCUT2D eigenvalue weighted by atomic mass is 10.2. The minimum Gasteiger partial charge on any atom is -0.278 e. The molecule has 2 aliphatic rings. The van der Waals surface area contributed by atoms with Crippen LogP contribution in [0.3, 0.4) is 0 Å². The molecular weight excluding hydrogens is 252 g/mol. The van der Waals surface area contributed by atoms with Gasteiger partial charge in [-0.3, -0.25) is 15.2 Å². The summed E-state index contributed by atoms with van der Waals surface area (Å²) in [4.78, 5) is 21.0. The number of hydrogen-bond donors (Lipinski definition) is 1. The van der Waals surface area contributed by atoms with Crippen molar-refractivity contribution in [3.63, 3.8) is 0 Å². The van der Waals surface area contributed by atoms with E-state index in [1.807, 2.05) is 30.3 Å². The van der Waals surface area contributed by atoms with Gasteiger partial charge >= 0.3 is 0 Å². The zero-order chi connectivity index (χ0) is 13.8. The molecule has 2 heterocycles. The fourth-order valence-corrected chi connectivity index (χ4v) is 2.41. The Morgan fingerprint density at radius 2 is 2.00 bits per heavy atom. The van der Waals surface area contributed by atoms with Gasteiger partial charge in [-0.2, -0.15) is 0 Å². The van der Waals surface area contributed by atoms with E-state index >= 15 is 0 Å². The highest BCUT2D eigenvalue weighted by Crippen LogP contribution is 2.17. The Balaban J connectivity index is 1.74. The Morgan fingerprint density at radius 1 is 1.15 bits per heavy atom. The number of aliphatic imine (C=N–C) groups is 2. The summed E-state index contributed by atoms with van der Waals surface area (Å²) in [6.45, 7) is 0.850. The third kappa shape index (κ3) is 2.87. The number of anilines is 1. The number of rotatable bonds is 1. The number of nitrogens with one attached hydrogen (secondary N) is 1. The van der Waals surface area contributed by atoms with Crippen molar-refractivity contribution in [1.82, 2.24) is 5.43 Å². The van der Waals surface area contributed by atoms with Gasteiger partial charge in [-0.25, -0.2) is 10.0 Å². The lowest BCUT2D eigenvalue weighted by Crippen LogP contribution is -2.36. The van der Waals surface area contributed by atoms with E-state index in [0.717, 1.165) is 37.3 Å². The number of benzene rings is 1. The molecule has 1 aromatic carbocycles. The van der Waals surface area contributed by atoms with Gasteiger partial charge < -0.3 is 0 Å². The molecule has 1 aromatic rings. The maximum Gasteiger partial charge on any atom is 0.253 e. The van der Waals surface area contributed by atoms with Crippen LogP contribution in [0, 0.1) is 0 Å². The maximum absolute atomic E-state index is 12.0. The van der Waals surface area contributed by atoms with Crippen molar-refractivity contribution >= 4 is 23.3 Å². The van der Waals surface area contributed by atoms with Gasteiger partial charge in [0.05, 0.1) is 12.1 Å². The van der Waals surface area contributed by atoms with E-state index in [1.165, 1.54) is 6.42 Å². The number of hydrazine groups is 1. The first-order chi connectivity index (χ1) is 9.83. The summed E-state index contributed by atoms with van der Waals surface area (Å²) in [6.07, 6.45) is 4.70. The van der Waals surface area contributed by atoms with E-state index in [1.54, 1.807) is 5.01 Å². The number of nitrogens with zero attached hydrogens (tertiary/aromatic N) is 3. The van der Waals surface area contributed by atoms with Crippen LogP contribution in [0.5, 0.6) is 0 Å². The van der Waals surface area contributed by atoms with Crippen LogP contribution in [0.4, 0.5) is 5.69 Å². The molecule has 5 nitrogen and oxygen atoms in total. The SMILES string of the molecule is O=C1CC(=NC2=NCCCCC2)NN1c1ccccc1. The summed E-state index contributed by atoms with van der Waals surface area (Å²) in [7, 11) is 0. The standard InChI is InChI=1S/C15H18N4O/c20-15-11-14(17-13-9-5-2-6-10-16-13)18-19(15)12-7-3-1-4-8-12/h1,3-4,7-8H,2,5-6,9-11H2,(H,16,17,18). The van der Waals surface area contributed by atoms with Crippen molar-refractivity contribution in [3.8, 4) is 0 Å². The second kappa shape index (κ2) is 5.86. The van der Waals surface area contributed by atoms with Gasteiger partial charge in [0.25, 0.3) is 5.91 Å². The second-order valence-electron chi connectivity index (χ2n) is 5.02. The predicted molar refractivity (Wildman–Crippen MR) is 79.9 cm³/mol. The second-order valence-corrected chi connectivity index (χ2v) is 5.02. The molecule has 0 saturated carbocycles. The molecule has 5 heteroatoms. The minimum absolute atomic E-state index is 0.0178. The average molecular weight is 270 g/mol. The number of hydrogen-bond acceptors (Lipinski definition) is 3. The van der Waals surface area contributed by atoms with Crippen molar-refractivity contribution in [2.75, 3.05) is 11.6 Å². The highest BCUT2D eigenvalue weighted by atomic mass is 16.2. The van der Waals surface area contributed by atoms with Crippen LogP contribution in [0.2, 0.25) is 0 Å². The smallest absolute Gasteiger partial charge is 0.253 e. The topological polar surface area (TPSA) is 57.1 Å². The Bertz CT molecular complexity index is 550.